The van der Waals surface area contributed by atoms with E-state index in [-0.39, 0.29) is 30.8 Å². The number of rotatable bonds is 5. The van der Waals surface area contributed by atoms with Crippen LogP contribution in [0.1, 0.15) is 43.0 Å². The second kappa shape index (κ2) is 9.41. The minimum Gasteiger partial charge on any atom is -0.484 e. The molecule has 1 aromatic heterocycles. The van der Waals surface area contributed by atoms with Crippen molar-refractivity contribution in [1.29, 1.82) is 0 Å². The molecule has 0 saturated carbocycles. The summed E-state index contributed by atoms with van der Waals surface area (Å²) in [6.45, 7) is 1.64. The molecular weight excluding hydrogens is 522 g/mol. The third-order valence-electron chi connectivity index (χ3n) is 5.92. The Morgan fingerprint density at radius 3 is 2.24 bits per heavy atom. The summed E-state index contributed by atoms with van der Waals surface area (Å²) in [6, 6.07) is 1.98. The van der Waals surface area contributed by atoms with Gasteiger partial charge in [-0.25, -0.2) is 17.1 Å². The number of nitrogens with zero attached hydrogens (tertiary/aromatic N) is 4. The average Bonchev–Trinajstić information content (AvgIpc) is 3.23. The molecule has 182 valence electrons. The molecule has 0 radical (unpaired) electrons. The summed E-state index contributed by atoms with van der Waals surface area (Å²) in [5.74, 6) is -3.98. The quantitative estimate of drug-likeness (QED) is 0.392. The largest absolute Gasteiger partial charge is 0.484 e. The first-order valence-corrected chi connectivity index (χ1v) is 11.1. The lowest BCUT2D eigenvalue weighted by molar-refractivity contribution is -0.146. The second-order valence-electron chi connectivity index (χ2n) is 8.25. The molecule has 0 amide bonds. The van der Waals surface area contributed by atoms with Gasteiger partial charge in [-0.3, -0.25) is 4.90 Å². The fraction of sp³-hybridized carbons (Fsp3) is 0.600. The lowest BCUT2D eigenvalue weighted by Gasteiger charge is -2.34. The number of aromatic nitrogens is 2. The second-order valence-corrected chi connectivity index (χ2v) is 9.25. The van der Waals surface area contributed by atoms with Crippen molar-refractivity contribution in [1.82, 2.24) is 19.0 Å². The van der Waals surface area contributed by atoms with Crippen molar-refractivity contribution in [2.45, 2.75) is 50.2 Å². The lowest BCUT2D eigenvalue weighted by atomic mass is 9.86. The molecule has 0 bridgehead atoms. The van der Waals surface area contributed by atoms with E-state index in [0.29, 0.717) is 39.0 Å². The van der Waals surface area contributed by atoms with Crippen LogP contribution < -0.4 is 4.74 Å². The Labute approximate surface area is 194 Å². The maximum absolute atomic E-state index is 15.2. The summed E-state index contributed by atoms with van der Waals surface area (Å²) in [7, 11) is 0. The van der Waals surface area contributed by atoms with Crippen LogP contribution in [0, 0.1) is 11.6 Å². The monoisotopic (exact) mass is 542 g/mol. The summed E-state index contributed by atoms with van der Waals surface area (Å²) < 4.78 is 94.2. The first kappa shape index (κ1) is 24.3. The number of hydrogen-bond donors (Lipinski definition) is 0. The van der Waals surface area contributed by atoms with Crippen molar-refractivity contribution < 1.29 is 35.6 Å². The van der Waals surface area contributed by atoms with Gasteiger partial charge in [0.1, 0.15) is 11.8 Å². The molecule has 0 atom stereocenters. The minimum atomic E-state index is -4.68. The van der Waals surface area contributed by atoms with E-state index in [1.807, 2.05) is 0 Å². The van der Waals surface area contributed by atoms with Gasteiger partial charge in [0.2, 0.25) is 5.89 Å². The van der Waals surface area contributed by atoms with Crippen LogP contribution in [0.5, 0.6) is 5.75 Å². The topological polar surface area (TPSA) is 54.6 Å². The summed E-state index contributed by atoms with van der Waals surface area (Å²) >= 11 is 3.28. The van der Waals surface area contributed by atoms with E-state index in [1.54, 1.807) is 8.83 Å². The van der Waals surface area contributed by atoms with Gasteiger partial charge in [-0.1, -0.05) is 5.16 Å². The van der Waals surface area contributed by atoms with Gasteiger partial charge in [0, 0.05) is 42.3 Å². The maximum Gasteiger partial charge on any atom is 0.455 e. The van der Waals surface area contributed by atoms with Crippen LogP contribution in [0.3, 0.4) is 0 Å². The molecular formula is C20H21BrF6N4O2. The molecule has 0 N–H and O–H groups in total. The maximum atomic E-state index is 15.2. The number of alkyl halides is 4. The van der Waals surface area contributed by atoms with E-state index in [2.05, 4.69) is 30.8 Å². The Bertz CT molecular complexity index is 949. The molecule has 0 aliphatic carbocycles. The van der Waals surface area contributed by atoms with Crippen LogP contribution in [0.15, 0.2) is 16.7 Å². The van der Waals surface area contributed by atoms with Crippen LogP contribution in [-0.4, -0.2) is 51.2 Å². The van der Waals surface area contributed by atoms with Gasteiger partial charge in [-0.05, 0) is 43.4 Å². The van der Waals surface area contributed by atoms with Gasteiger partial charge in [0.15, 0.2) is 17.4 Å². The van der Waals surface area contributed by atoms with E-state index in [1.165, 1.54) is 0 Å². The highest BCUT2D eigenvalue weighted by Gasteiger charge is 2.38. The van der Waals surface area contributed by atoms with Crippen LogP contribution in [-0.2, 0) is 18.4 Å². The van der Waals surface area contributed by atoms with Crippen molar-refractivity contribution in [3.8, 4) is 5.75 Å². The van der Waals surface area contributed by atoms with Crippen LogP contribution in [0.4, 0.5) is 26.3 Å². The lowest BCUT2D eigenvalue weighted by Crippen LogP contribution is -2.38. The third kappa shape index (κ3) is 5.62. The molecule has 6 nitrogen and oxygen atoms in total. The molecule has 2 saturated heterocycles. The highest BCUT2D eigenvalue weighted by molar-refractivity contribution is 9.07. The summed E-state index contributed by atoms with van der Waals surface area (Å²) in [4.78, 5) is 5.12. The number of ether oxygens (including phenoxy) is 1. The number of likely N-dealkylation sites (tertiary alicyclic amines) is 1. The number of piperidine rings is 2. The first-order chi connectivity index (χ1) is 15.5. The Kier molecular flexibility index (Phi) is 6.92. The summed E-state index contributed by atoms with van der Waals surface area (Å²) in [5.41, 5.74) is -1.85. The van der Waals surface area contributed by atoms with Crippen molar-refractivity contribution in [3.63, 3.8) is 0 Å². The fourth-order valence-electron chi connectivity index (χ4n) is 4.03. The van der Waals surface area contributed by atoms with Gasteiger partial charge >= 0.3 is 6.18 Å². The van der Waals surface area contributed by atoms with Crippen LogP contribution >= 0.6 is 16.1 Å². The molecule has 2 aromatic rings. The zero-order valence-electron chi connectivity index (χ0n) is 17.3. The van der Waals surface area contributed by atoms with Crippen LogP contribution in [0.2, 0.25) is 0 Å². The standard InChI is InChI=1S/C20H21BrF6N4O2/c21-31-7-3-19(24,4-8-31)12-9-14(22)17(15(23)10-12)32-13-1-5-30(6-2-13)11-16-28-18(29-33-16)20(25,26)27/h9-10,13H,1-8,11H2. The van der Waals surface area contributed by atoms with Crippen molar-refractivity contribution in [2.24, 2.45) is 0 Å². The van der Waals surface area contributed by atoms with Gasteiger partial charge in [-0.2, -0.15) is 18.2 Å². The van der Waals surface area contributed by atoms with Crippen molar-refractivity contribution >= 4 is 16.1 Å². The molecule has 2 fully saturated rings. The highest BCUT2D eigenvalue weighted by atomic mass is 79.9. The first-order valence-electron chi connectivity index (χ1n) is 10.4. The van der Waals surface area contributed by atoms with E-state index >= 15 is 4.39 Å². The fourth-order valence-corrected chi connectivity index (χ4v) is 4.39. The minimum absolute atomic E-state index is 0.0254. The molecule has 3 heterocycles. The Morgan fingerprint density at radius 2 is 1.70 bits per heavy atom. The molecule has 0 unspecified atom stereocenters. The predicted octanol–water partition coefficient (Wildman–Crippen LogP) is 4.98. The Hall–Kier alpha value is -1.86. The molecule has 1 aromatic carbocycles. The van der Waals surface area contributed by atoms with Crippen molar-refractivity contribution in [2.75, 3.05) is 26.2 Å². The van der Waals surface area contributed by atoms with Gasteiger partial charge in [0.05, 0.1) is 6.54 Å². The smallest absolute Gasteiger partial charge is 0.455 e. The molecule has 4 rings (SSSR count). The molecule has 2 aliphatic heterocycles. The molecule has 0 spiro atoms. The van der Waals surface area contributed by atoms with E-state index in [4.69, 9.17) is 4.74 Å². The third-order valence-corrected chi connectivity index (χ3v) is 6.63. The van der Waals surface area contributed by atoms with Crippen molar-refractivity contribution in [3.05, 3.63) is 41.0 Å². The van der Waals surface area contributed by atoms with Crippen LogP contribution in [0.25, 0.3) is 0 Å². The zero-order chi connectivity index (χ0) is 23.8. The number of benzene rings is 1. The Morgan fingerprint density at radius 1 is 1.09 bits per heavy atom. The normalized spacial score (nSPS) is 20.8. The van der Waals surface area contributed by atoms with Gasteiger partial charge < -0.3 is 9.26 Å². The predicted molar refractivity (Wildman–Crippen MR) is 107 cm³/mol. The zero-order valence-corrected chi connectivity index (χ0v) is 18.9. The summed E-state index contributed by atoms with van der Waals surface area (Å²) in [5, 5.41) is 2.92. The highest BCUT2D eigenvalue weighted by Crippen LogP contribution is 2.40. The molecule has 33 heavy (non-hydrogen) atoms. The average molecular weight is 543 g/mol. The van der Waals surface area contributed by atoms with Gasteiger partial charge in [-0.15, -0.1) is 0 Å². The molecule has 13 heteroatoms. The summed E-state index contributed by atoms with van der Waals surface area (Å²) in [6.07, 6.45) is -4.19. The molecule has 2 aliphatic rings. The van der Waals surface area contributed by atoms with E-state index in [9.17, 15) is 22.0 Å². The van der Waals surface area contributed by atoms with E-state index < -0.39 is 41.2 Å². The number of hydrogen-bond acceptors (Lipinski definition) is 6. The van der Waals surface area contributed by atoms with E-state index in [0.717, 1.165) is 12.1 Å². The Balaban J connectivity index is 1.34. The number of halogens is 7. The SMILES string of the molecule is Fc1cc(C2(F)CCN(Br)CC2)cc(F)c1OC1CCN(Cc2nc(C(F)(F)F)no2)CC1. The van der Waals surface area contributed by atoms with Gasteiger partial charge in [0.25, 0.3) is 5.82 Å².